The molecule has 5 heteroatoms. The molecule has 0 aromatic carbocycles. The van der Waals surface area contributed by atoms with Crippen LogP contribution < -0.4 is 0 Å². The third-order valence-corrected chi connectivity index (χ3v) is 7.30. The number of hydrogen-bond donors (Lipinski definition) is 2. The summed E-state index contributed by atoms with van der Waals surface area (Å²) in [6.45, 7) is 4.52. The summed E-state index contributed by atoms with van der Waals surface area (Å²) in [5, 5.41) is 17.0. The van der Waals surface area contributed by atoms with Crippen molar-refractivity contribution >= 4 is 60.8 Å². The van der Waals surface area contributed by atoms with E-state index in [9.17, 15) is 9.59 Å². The summed E-state index contributed by atoms with van der Waals surface area (Å²) in [6, 6.07) is 0. The summed E-state index contributed by atoms with van der Waals surface area (Å²) < 4.78 is 0. The van der Waals surface area contributed by atoms with Gasteiger partial charge in [0.1, 0.15) is 0 Å². The summed E-state index contributed by atoms with van der Waals surface area (Å²) in [7, 11) is 0. The van der Waals surface area contributed by atoms with Crippen LogP contribution in [0.2, 0.25) is 0 Å². The zero-order chi connectivity index (χ0) is 29.8. The molecule has 0 atom stereocenters. The minimum atomic E-state index is -0.664. The van der Waals surface area contributed by atoms with Gasteiger partial charge in [-0.3, -0.25) is 9.59 Å². The molecule has 41 heavy (non-hydrogen) atoms. The van der Waals surface area contributed by atoms with Crippen LogP contribution in [0.5, 0.6) is 0 Å². The molecule has 0 amide bonds. The Morgan fingerprint density at radius 1 is 0.390 bits per heavy atom. The van der Waals surface area contributed by atoms with E-state index in [-0.39, 0.29) is 48.9 Å². The van der Waals surface area contributed by atoms with Crippen molar-refractivity contribution in [3.8, 4) is 0 Å². The first-order valence-electron chi connectivity index (χ1n) is 17.3. The van der Waals surface area contributed by atoms with Crippen molar-refractivity contribution in [2.75, 3.05) is 0 Å². The first-order chi connectivity index (χ1) is 19.5. The van der Waals surface area contributed by atoms with Crippen molar-refractivity contribution in [3.63, 3.8) is 0 Å². The van der Waals surface area contributed by atoms with Gasteiger partial charge in [0, 0.05) is 61.7 Å². The Labute approximate surface area is 296 Å². The van der Waals surface area contributed by atoms with E-state index in [2.05, 4.69) is 38.2 Å². The molecule has 0 saturated heterocycles. The van der Waals surface area contributed by atoms with E-state index in [0.29, 0.717) is 12.8 Å². The van der Waals surface area contributed by atoms with E-state index in [0.717, 1.165) is 25.7 Å². The van der Waals surface area contributed by atoms with Gasteiger partial charge in [-0.05, 0) is 64.2 Å². The fourth-order valence-corrected chi connectivity index (χ4v) is 4.69. The zero-order valence-corrected chi connectivity index (χ0v) is 32.0. The van der Waals surface area contributed by atoms with Crippen molar-refractivity contribution in [2.45, 2.75) is 194 Å². The predicted octanol–water partition coefficient (Wildman–Crippen LogP) is 11.8. The Kier molecular flexibility index (Phi) is 46.7. The number of carboxylic acids is 2. The maximum atomic E-state index is 10.3. The van der Waals surface area contributed by atoms with E-state index in [4.69, 9.17) is 10.2 Å². The van der Waals surface area contributed by atoms with Crippen LogP contribution in [0.1, 0.15) is 194 Å². The van der Waals surface area contributed by atoms with Crippen LogP contribution in [0.3, 0.4) is 0 Å². The topological polar surface area (TPSA) is 74.6 Å². The molecule has 238 valence electrons. The molecule has 0 heterocycles. The molecule has 0 saturated carbocycles. The van der Waals surface area contributed by atoms with Crippen molar-refractivity contribution < 1.29 is 19.8 Å². The van der Waals surface area contributed by atoms with Gasteiger partial charge in [0.15, 0.2) is 0 Å². The van der Waals surface area contributed by atoms with Crippen LogP contribution in [-0.4, -0.2) is 71.0 Å². The summed E-state index contributed by atoms with van der Waals surface area (Å²) in [5.41, 5.74) is 0. The number of rotatable bonds is 30. The Morgan fingerprint density at radius 3 is 0.854 bits per heavy atom. The van der Waals surface area contributed by atoms with E-state index in [1.54, 1.807) is 0 Å². The molecule has 2 N–H and O–H groups in total. The molecule has 0 aliphatic rings. The zero-order valence-electron chi connectivity index (χ0n) is 27.5. The van der Waals surface area contributed by atoms with E-state index < -0.39 is 11.9 Å². The minimum absolute atomic E-state index is 0. The Hall–Kier alpha value is -0.00857. The van der Waals surface area contributed by atoms with Crippen molar-refractivity contribution in [2.24, 2.45) is 0 Å². The number of carboxylic acid groups (broad SMARTS) is 2. The van der Waals surface area contributed by atoms with Gasteiger partial charge < -0.3 is 10.2 Å². The third-order valence-electron chi connectivity index (χ3n) is 7.30. The predicted molar refractivity (Wildman–Crippen MR) is 180 cm³/mol. The SMILES string of the molecule is CCCCCCCC/C=C\CCCCCCCC(=O)O.CCCCCCCC/C=C\CCCCCCCC(=O)O.[Ba]. The number of allylic oxidation sites excluding steroid dienone is 4. The van der Waals surface area contributed by atoms with Gasteiger partial charge >= 0.3 is 11.9 Å². The standard InChI is InChI=1S/2C18H34O2.Ba/c2*1-2-3-4-5-6-7-8-9-10-11-12-13-14-15-16-17-18(19)20;/h2*9-10H,2-8,11-17H2,1H3,(H,19,20);/b2*10-9-;. The molecular formula is C36H68BaO4. The third kappa shape index (κ3) is 50.0. The van der Waals surface area contributed by atoms with E-state index >= 15 is 0 Å². The van der Waals surface area contributed by atoms with Crippen molar-refractivity contribution in [1.29, 1.82) is 0 Å². The quantitative estimate of drug-likeness (QED) is 0.0444. The number of carbonyl (C=O) groups is 2. The van der Waals surface area contributed by atoms with Crippen LogP contribution >= 0.6 is 0 Å². The number of hydrogen-bond acceptors (Lipinski definition) is 2. The number of unbranched alkanes of at least 4 members (excludes halogenated alkanes) is 22. The maximum Gasteiger partial charge on any atom is 0.303 e. The molecule has 4 nitrogen and oxygen atoms in total. The second-order valence-corrected chi connectivity index (χ2v) is 11.5. The van der Waals surface area contributed by atoms with E-state index in [1.165, 1.54) is 141 Å². The van der Waals surface area contributed by atoms with Crippen molar-refractivity contribution in [3.05, 3.63) is 24.3 Å². The molecule has 0 aliphatic carbocycles. The van der Waals surface area contributed by atoms with Gasteiger partial charge in [-0.1, -0.05) is 141 Å². The summed E-state index contributed by atoms with van der Waals surface area (Å²) >= 11 is 0. The van der Waals surface area contributed by atoms with Crippen LogP contribution in [0.25, 0.3) is 0 Å². The smallest absolute Gasteiger partial charge is 0.303 e. The van der Waals surface area contributed by atoms with Crippen LogP contribution in [0.15, 0.2) is 24.3 Å². The second kappa shape index (κ2) is 42.1. The van der Waals surface area contributed by atoms with Gasteiger partial charge in [0.2, 0.25) is 0 Å². The van der Waals surface area contributed by atoms with Gasteiger partial charge in [-0.15, -0.1) is 0 Å². The molecular weight excluding hydrogens is 634 g/mol. The minimum Gasteiger partial charge on any atom is -0.481 e. The summed E-state index contributed by atoms with van der Waals surface area (Å²) in [5.74, 6) is -1.33. The van der Waals surface area contributed by atoms with Crippen LogP contribution in [0, 0.1) is 0 Å². The Balaban J connectivity index is -0.000000688. The fraction of sp³-hybridized carbons (Fsp3) is 0.833. The van der Waals surface area contributed by atoms with Gasteiger partial charge in [-0.2, -0.15) is 0 Å². The molecule has 0 rings (SSSR count). The Morgan fingerprint density at radius 2 is 0.610 bits per heavy atom. The van der Waals surface area contributed by atoms with Gasteiger partial charge in [0.05, 0.1) is 0 Å². The molecule has 0 aromatic rings. The van der Waals surface area contributed by atoms with Crippen LogP contribution in [-0.2, 0) is 9.59 Å². The maximum absolute atomic E-state index is 10.3. The normalized spacial score (nSPS) is 11.0. The second-order valence-electron chi connectivity index (χ2n) is 11.5. The van der Waals surface area contributed by atoms with Crippen LogP contribution in [0.4, 0.5) is 0 Å². The van der Waals surface area contributed by atoms with E-state index in [1.807, 2.05) is 0 Å². The first kappa shape index (κ1) is 45.4. The first-order valence-corrected chi connectivity index (χ1v) is 17.3. The average molecular weight is 702 g/mol. The van der Waals surface area contributed by atoms with Gasteiger partial charge in [-0.25, -0.2) is 0 Å². The summed E-state index contributed by atoms with van der Waals surface area (Å²) in [4.78, 5) is 20.6. The monoisotopic (exact) mass is 702 g/mol. The fourth-order valence-electron chi connectivity index (χ4n) is 4.69. The molecule has 0 fully saturated rings. The molecule has 0 unspecified atom stereocenters. The van der Waals surface area contributed by atoms with Gasteiger partial charge in [0.25, 0.3) is 0 Å². The van der Waals surface area contributed by atoms with Crippen molar-refractivity contribution in [1.82, 2.24) is 0 Å². The molecule has 0 bridgehead atoms. The Bertz CT molecular complexity index is 524. The number of aliphatic carboxylic acids is 2. The molecule has 0 aromatic heterocycles. The summed E-state index contributed by atoms with van der Waals surface area (Å²) in [6.07, 6.45) is 42.5. The average Bonchev–Trinajstić information content (AvgIpc) is 2.93. The largest absolute Gasteiger partial charge is 0.481 e. The molecule has 0 aliphatic heterocycles. The molecule has 2 radical (unpaired) electrons. The molecule has 0 spiro atoms.